The van der Waals surface area contributed by atoms with Gasteiger partial charge in [-0.25, -0.2) is 8.78 Å². The van der Waals surface area contributed by atoms with Gasteiger partial charge in [-0.05, 0) is 18.6 Å². The van der Waals surface area contributed by atoms with Gasteiger partial charge in [-0.15, -0.1) is 0 Å². The maximum absolute atomic E-state index is 13.8. The second-order valence-corrected chi connectivity index (χ2v) is 4.71. The van der Waals surface area contributed by atoms with Gasteiger partial charge < -0.3 is 4.98 Å². The number of aromatic nitrogens is 1. The Labute approximate surface area is 114 Å². The molecule has 0 radical (unpaired) electrons. The molecular formula is C16H11F2NO. The third-order valence-corrected chi connectivity index (χ3v) is 3.32. The molecule has 0 atom stereocenters. The van der Waals surface area contributed by atoms with Crippen LogP contribution >= 0.6 is 0 Å². The molecular weight excluding hydrogens is 260 g/mol. The standard InChI is InChI=1S/C16H11F2NO/c1-9-2-4-10(5-3-9)15-13(8-20)12-6-11(17)7-14(18)16(12)19-15/h2-8,19H,1H3. The van der Waals surface area contributed by atoms with Crippen molar-refractivity contribution in [2.45, 2.75) is 6.92 Å². The smallest absolute Gasteiger partial charge is 0.152 e. The Kier molecular flexibility index (Phi) is 2.86. The van der Waals surface area contributed by atoms with E-state index >= 15 is 0 Å². The van der Waals surface area contributed by atoms with Crippen molar-refractivity contribution in [3.63, 3.8) is 0 Å². The zero-order valence-electron chi connectivity index (χ0n) is 10.7. The molecule has 0 aliphatic rings. The minimum absolute atomic E-state index is 0.143. The number of rotatable bonds is 2. The highest BCUT2D eigenvalue weighted by molar-refractivity contribution is 6.04. The molecule has 1 N–H and O–H groups in total. The molecule has 0 fully saturated rings. The average molecular weight is 271 g/mol. The summed E-state index contributed by atoms with van der Waals surface area (Å²) in [7, 11) is 0. The maximum atomic E-state index is 13.8. The van der Waals surface area contributed by atoms with E-state index in [1.54, 1.807) is 0 Å². The zero-order chi connectivity index (χ0) is 14.3. The minimum Gasteiger partial charge on any atom is -0.352 e. The van der Waals surface area contributed by atoms with Crippen LogP contribution < -0.4 is 0 Å². The number of hydrogen-bond acceptors (Lipinski definition) is 1. The van der Waals surface area contributed by atoms with E-state index in [1.807, 2.05) is 31.2 Å². The second-order valence-electron chi connectivity index (χ2n) is 4.71. The van der Waals surface area contributed by atoms with Gasteiger partial charge in [0.05, 0.1) is 11.2 Å². The van der Waals surface area contributed by atoms with E-state index in [1.165, 1.54) is 0 Å². The van der Waals surface area contributed by atoms with Crippen LogP contribution in [-0.2, 0) is 0 Å². The molecule has 3 aromatic rings. The molecule has 0 aliphatic carbocycles. The Balaban J connectivity index is 2.33. The highest BCUT2D eigenvalue weighted by atomic mass is 19.1. The van der Waals surface area contributed by atoms with Gasteiger partial charge in [0.1, 0.15) is 11.6 Å². The third-order valence-electron chi connectivity index (χ3n) is 3.32. The van der Waals surface area contributed by atoms with Gasteiger partial charge in [-0.2, -0.15) is 0 Å². The summed E-state index contributed by atoms with van der Waals surface area (Å²) in [5, 5.41) is 0.257. The van der Waals surface area contributed by atoms with E-state index in [9.17, 15) is 13.6 Å². The lowest BCUT2D eigenvalue weighted by atomic mass is 10.0. The van der Waals surface area contributed by atoms with Crippen LogP contribution in [-0.4, -0.2) is 11.3 Å². The summed E-state index contributed by atoms with van der Waals surface area (Å²) >= 11 is 0. The van der Waals surface area contributed by atoms with Crippen molar-refractivity contribution in [3.8, 4) is 11.3 Å². The van der Waals surface area contributed by atoms with Gasteiger partial charge in [-0.1, -0.05) is 29.8 Å². The highest BCUT2D eigenvalue weighted by Gasteiger charge is 2.16. The van der Waals surface area contributed by atoms with Crippen molar-refractivity contribution in [2.24, 2.45) is 0 Å². The Morgan fingerprint density at radius 3 is 2.45 bits per heavy atom. The minimum atomic E-state index is -0.707. The van der Waals surface area contributed by atoms with E-state index in [4.69, 9.17) is 0 Å². The maximum Gasteiger partial charge on any atom is 0.152 e. The fraction of sp³-hybridized carbons (Fsp3) is 0.0625. The largest absolute Gasteiger partial charge is 0.352 e. The van der Waals surface area contributed by atoms with Crippen LogP contribution in [0, 0.1) is 18.6 Å². The fourth-order valence-electron chi connectivity index (χ4n) is 2.31. The van der Waals surface area contributed by atoms with Crippen LogP contribution in [0.2, 0.25) is 0 Å². The number of benzene rings is 2. The monoisotopic (exact) mass is 271 g/mol. The molecule has 2 nitrogen and oxygen atoms in total. The summed E-state index contributed by atoms with van der Waals surface area (Å²) in [6, 6.07) is 9.42. The van der Waals surface area contributed by atoms with Crippen LogP contribution in [0.4, 0.5) is 8.78 Å². The lowest BCUT2D eigenvalue weighted by molar-refractivity contribution is 0.112. The van der Waals surface area contributed by atoms with Crippen molar-refractivity contribution in [1.29, 1.82) is 0 Å². The summed E-state index contributed by atoms with van der Waals surface area (Å²) in [5.41, 5.74) is 2.74. The normalized spacial score (nSPS) is 10.9. The summed E-state index contributed by atoms with van der Waals surface area (Å²) in [6.45, 7) is 1.95. The average Bonchev–Trinajstić information content (AvgIpc) is 2.78. The molecule has 0 spiro atoms. The van der Waals surface area contributed by atoms with Gasteiger partial charge in [0.2, 0.25) is 0 Å². The number of carbonyl (C=O) groups is 1. The second kappa shape index (κ2) is 4.56. The predicted molar refractivity (Wildman–Crippen MR) is 73.8 cm³/mol. The van der Waals surface area contributed by atoms with Crippen LogP contribution in [0.25, 0.3) is 22.2 Å². The summed E-state index contributed by atoms with van der Waals surface area (Å²) in [6.07, 6.45) is 0.618. The molecule has 0 amide bonds. The van der Waals surface area contributed by atoms with Crippen molar-refractivity contribution < 1.29 is 13.6 Å². The fourth-order valence-corrected chi connectivity index (χ4v) is 2.31. The van der Waals surface area contributed by atoms with Crippen LogP contribution in [0.15, 0.2) is 36.4 Å². The predicted octanol–water partition coefficient (Wildman–Crippen LogP) is 4.23. The molecule has 0 saturated carbocycles. The number of hydrogen-bond donors (Lipinski definition) is 1. The molecule has 1 heterocycles. The highest BCUT2D eigenvalue weighted by Crippen LogP contribution is 2.31. The number of aromatic amines is 1. The van der Waals surface area contributed by atoms with E-state index in [-0.39, 0.29) is 16.5 Å². The van der Waals surface area contributed by atoms with Gasteiger partial charge in [0, 0.05) is 17.0 Å². The molecule has 100 valence electrons. The Morgan fingerprint density at radius 1 is 1.10 bits per heavy atom. The van der Waals surface area contributed by atoms with Crippen LogP contribution in [0.3, 0.4) is 0 Å². The van der Waals surface area contributed by atoms with Crippen molar-refractivity contribution in [3.05, 3.63) is 59.2 Å². The zero-order valence-corrected chi connectivity index (χ0v) is 10.7. The van der Waals surface area contributed by atoms with Crippen molar-refractivity contribution in [2.75, 3.05) is 0 Å². The van der Waals surface area contributed by atoms with Crippen molar-refractivity contribution >= 4 is 17.2 Å². The van der Waals surface area contributed by atoms with Gasteiger partial charge >= 0.3 is 0 Å². The number of halogens is 2. The molecule has 3 rings (SSSR count). The van der Waals surface area contributed by atoms with Crippen LogP contribution in [0.1, 0.15) is 15.9 Å². The Bertz CT molecular complexity index is 803. The number of nitrogens with one attached hydrogen (secondary N) is 1. The summed E-state index contributed by atoms with van der Waals surface area (Å²) in [4.78, 5) is 14.2. The Hall–Kier alpha value is -2.49. The first-order chi connectivity index (χ1) is 9.60. The molecule has 0 bridgehead atoms. The van der Waals surface area contributed by atoms with Gasteiger partial charge in [-0.3, -0.25) is 4.79 Å². The van der Waals surface area contributed by atoms with E-state index in [0.717, 1.165) is 23.3 Å². The first-order valence-corrected chi connectivity index (χ1v) is 6.13. The first kappa shape index (κ1) is 12.5. The molecule has 0 aliphatic heterocycles. The van der Waals surface area contributed by atoms with Crippen LogP contribution in [0.5, 0.6) is 0 Å². The first-order valence-electron chi connectivity index (χ1n) is 6.13. The molecule has 2 aromatic carbocycles. The van der Waals surface area contributed by atoms with E-state index < -0.39 is 11.6 Å². The van der Waals surface area contributed by atoms with Gasteiger partial charge in [0.25, 0.3) is 0 Å². The van der Waals surface area contributed by atoms with E-state index in [2.05, 4.69) is 4.98 Å². The summed E-state index contributed by atoms with van der Waals surface area (Å²) < 4.78 is 27.1. The van der Waals surface area contributed by atoms with E-state index in [0.29, 0.717) is 12.0 Å². The Morgan fingerprint density at radius 2 is 1.80 bits per heavy atom. The number of aldehydes is 1. The lowest BCUT2D eigenvalue weighted by Crippen LogP contribution is -1.85. The molecule has 0 unspecified atom stereocenters. The third kappa shape index (κ3) is 1.90. The van der Waals surface area contributed by atoms with Crippen molar-refractivity contribution in [1.82, 2.24) is 4.98 Å². The molecule has 0 saturated heterocycles. The summed E-state index contributed by atoms with van der Waals surface area (Å²) in [5.74, 6) is -1.41. The number of fused-ring (bicyclic) bond motifs is 1. The topological polar surface area (TPSA) is 32.9 Å². The number of carbonyl (C=O) groups excluding carboxylic acids is 1. The molecule has 1 aromatic heterocycles. The molecule has 4 heteroatoms. The number of H-pyrrole nitrogens is 1. The lowest BCUT2D eigenvalue weighted by Gasteiger charge is -2.00. The molecule has 20 heavy (non-hydrogen) atoms. The SMILES string of the molecule is Cc1ccc(-c2[nH]c3c(F)cc(F)cc3c2C=O)cc1. The quantitative estimate of drug-likeness (QED) is 0.695. The van der Waals surface area contributed by atoms with Gasteiger partial charge in [0.15, 0.2) is 6.29 Å². The number of aryl methyl sites for hydroxylation is 1.